The maximum absolute atomic E-state index is 12.3. The Kier molecular flexibility index (Phi) is 4.42. The smallest absolute Gasteiger partial charge is 0.326 e. The molecule has 0 saturated carbocycles. The fourth-order valence-electron chi connectivity index (χ4n) is 2.71. The van der Waals surface area contributed by atoms with Crippen LogP contribution in [0.15, 0.2) is 24.3 Å². The van der Waals surface area contributed by atoms with Crippen LogP contribution in [0.2, 0.25) is 0 Å². The molecule has 2 N–H and O–H groups in total. The number of aryl methyl sites for hydroxylation is 1. The number of amides is 1. The molecular weight excluding hydrogens is 254 g/mol. The van der Waals surface area contributed by atoms with E-state index in [9.17, 15) is 9.59 Å². The molecule has 0 radical (unpaired) electrons. The molecule has 1 aromatic rings. The zero-order valence-electron chi connectivity index (χ0n) is 11.9. The maximum Gasteiger partial charge on any atom is 0.326 e. The van der Waals surface area contributed by atoms with Crippen LogP contribution in [-0.2, 0) is 22.4 Å². The molecule has 20 heavy (non-hydrogen) atoms. The highest BCUT2D eigenvalue weighted by Gasteiger charge is 2.29. The lowest BCUT2D eigenvalue weighted by Gasteiger charge is -2.26. The van der Waals surface area contributed by atoms with Gasteiger partial charge in [0.15, 0.2) is 0 Å². The molecule has 0 spiro atoms. The van der Waals surface area contributed by atoms with Crippen molar-refractivity contribution in [3.05, 3.63) is 35.4 Å². The van der Waals surface area contributed by atoms with E-state index in [0.717, 1.165) is 12.8 Å². The molecule has 4 nitrogen and oxygen atoms in total. The monoisotopic (exact) mass is 275 g/mol. The third-order valence-electron chi connectivity index (χ3n) is 3.95. The molecule has 0 fully saturated rings. The lowest BCUT2D eigenvalue weighted by atomic mass is 9.83. The van der Waals surface area contributed by atoms with E-state index in [0.29, 0.717) is 6.42 Å². The summed E-state index contributed by atoms with van der Waals surface area (Å²) in [5.74, 6) is -1.34. The number of aliphatic carboxylic acids is 1. The quantitative estimate of drug-likeness (QED) is 0.883. The SMILES string of the molecule is CC(C)[C@@H](NC(=O)C1CCc2ccccc2C1)C(=O)O. The van der Waals surface area contributed by atoms with Crippen LogP contribution < -0.4 is 5.32 Å². The Hall–Kier alpha value is -1.84. The zero-order chi connectivity index (χ0) is 14.7. The van der Waals surface area contributed by atoms with Crippen molar-refractivity contribution in [2.45, 2.75) is 39.2 Å². The van der Waals surface area contributed by atoms with E-state index in [1.54, 1.807) is 13.8 Å². The molecule has 108 valence electrons. The Bertz CT molecular complexity index is 510. The van der Waals surface area contributed by atoms with Gasteiger partial charge >= 0.3 is 5.97 Å². The number of rotatable bonds is 4. The summed E-state index contributed by atoms with van der Waals surface area (Å²) >= 11 is 0. The van der Waals surface area contributed by atoms with Gasteiger partial charge in [-0.2, -0.15) is 0 Å². The minimum absolute atomic E-state index is 0.118. The van der Waals surface area contributed by atoms with Crippen molar-refractivity contribution in [2.75, 3.05) is 0 Å². The molecule has 1 aliphatic rings. The minimum atomic E-state index is -0.968. The first-order valence-electron chi connectivity index (χ1n) is 7.09. The van der Waals surface area contributed by atoms with Crippen molar-refractivity contribution >= 4 is 11.9 Å². The Balaban J connectivity index is 2.03. The molecule has 1 aromatic carbocycles. The summed E-state index contributed by atoms with van der Waals surface area (Å²) < 4.78 is 0. The van der Waals surface area contributed by atoms with Gasteiger partial charge in [-0.1, -0.05) is 38.1 Å². The number of hydrogen-bond donors (Lipinski definition) is 2. The molecule has 0 bridgehead atoms. The zero-order valence-corrected chi connectivity index (χ0v) is 11.9. The standard InChI is InChI=1S/C16H21NO3/c1-10(2)14(16(19)20)17-15(18)13-8-7-11-5-3-4-6-12(11)9-13/h3-6,10,13-14H,7-9H2,1-2H3,(H,17,18)(H,19,20)/t13?,14-/m1/s1. The largest absolute Gasteiger partial charge is 0.480 e. The second-order valence-corrected chi connectivity index (χ2v) is 5.78. The van der Waals surface area contributed by atoms with E-state index in [1.165, 1.54) is 11.1 Å². The van der Waals surface area contributed by atoms with E-state index in [1.807, 2.05) is 18.2 Å². The predicted octanol–water partition coefficient (Wildman–Crippen LogP) is 2.02. The van der Waals surface area contributed by atoms with Gasteiger partial charge in [-0.05, 0) is 36.3 Å². The molecular formula is C16H21NO3. The Morgan fingerprint density at radius 3 is 2.50 bits per heavy atom. The number of carbonyl (C=O) groups is 2. The number of hydrogen-bond acceptors (Lipinski definition) is 2. The Morgan fingerprint density at radius 2 is 1.90 bits per heavy atom. The number of carboxylic acid groups (broad SMARTS) is 1. The van der Waals surface area contributed by atoms with Crippen LogP contribution in [0.4, 0.5) is 0 Å². The van der Waals surface area contributed by atoms with Crippen molar-refractivity contribution in [1.82, 2.24) is 5.32 Å². The highest BCUT2D eigenvalue weighted by Crippen LogP contribution is 2.25. The van der Waals surface area contributed by atoms with Gasteiger partial charge in [-0.25, -0.2) is 4.79 Å². The summed E-state index contributed by atoms with van der Waals surface area (Å²) in [6.45, 7) is 3.60. The van der Waals surface area contributed by atoms with Crippen LogP contribution in [0.25, 0.3) is 0 Å². The van der Waals surface area contributed by atoms with Crippen LogP contribution in [0.5, 0.6) is 0 Å². The predicted molar refractivity (Wildman–Crippen MR) is 76.4 cm³/mol. The van der Waals surface area contributed by atoms with Crippen molar-refractivity contribution < 1.29 is 14.7 Å². The van der Waals surface area contributed by atoms with E-state index in [-0.39, 0.29) is 17.7 Å². The van der Waals surface area contributed by atoms with Gasteiger partial charge in [0, 0.05) is 5.92 Å². The number of benzene rings is 1. The van der Waals surface area contributed by atoms with Gasteiger partial charge in [0.05, 0.1) is 0 Å². The van der Waals surface area contributed by atoms with Gasteiger partial charge in [0.1, 0.15) is 6.04 Å². The van der Waals surface area contributed by atoms with Crippen molar-refractivity contribution in [1.29, 1.82) is 0 Å². The molecule has 2 atom stereocenters. The Morgan fingerprint density at radius 1 is 1.25 bits per heavy atom. The van der Waals surface area contributed by atoms with E-state index < -0.39 is 12.0 Å². The highest BCUT2D eigenvalue weighted by molar-refractivity contribution is 5.85. The van der Waals surface area contributed by atoms with Crippen LogP contribution in [0, 0.1) is 11.8 Å². The fraction of sp³-hybridized carbons (Fsp3) is 0.500. The van der Waals surface area contributed by atoms with Crippen molar-refractivity contribution in [2.24, 2.45) is 11.8 Å². The van der Waals surface area contributed by atoms with E-state index in [2.05, 4.69) is 11.4 Å². The summed E-state index contributed by atoms with van der Waals surface area (Å²) in [5.41, 5.74) is 2.51. The molecule has 1 aliphatic carbocycles. The summed E-state index contributed by atoms with van der Waals surface area (Å²) in [7, 11) is 0. The molecule has 2 rings (SSSR count). The van der Waals surface area contributed by atoms with E-state index >= 15 is 0 Å². The summed E-state index contributed by atoms with van der Waals surface area (Å²) in [5, 5.41) is 11.8. The second-order valence-electron chi connectivity index (χ2n) is 5.78. The van der Waals surface area contributed by atoms with E-state index in [4.69, 9.17) is 5.11 Å². The van der Waals surface area contributed by atoms with Gasteiger partial charge in [0.25, 0.3) is 0 Å². The number of nitrogens with one attached hydrogen (secondary N) is 1. The lowest BCUT2D eigenvalue weighted by Crippen LogP contribution is -2.47. The van der Waals surface area contributed by atoms with Crippen molar-refractivity contribution in [3.63, 3.8) is 0 Å². The molecule has 0 heterocycles. The van der Waals surface area contributed by atoms with Crippen molar-refractivity contribution in [3.8, 4) is 0 Å². The first-order valence-corrected chi connectivity index (χ1v) is 7.09. The van der Waals surface area contributed by atoms with Crippen LogP contribution in [-0.4, -0.2) is 23.0 Å². The highest BCUT2D eigenvalue weighted by atomic mass is 16.4. The molecule has 1 amide bonds. The van der Waals surface area contributed by atoms with Crippen LogP contribution in [0.3, 0.4) is 0 Å². The number of carbonyl (C=O) groups excluding carboxylic acids is 1. The lowest BCUT2D eigenvalue weighted by molar-refractivity contribution is -0.143. The second kappa shape index (κ2) is 6.07. The molecule has 0 aliphatic heterocycles. The molecule has 4 heteroatoms. The first kappa shape index (κ1) is 14.6. The molecule has 0 aromatic heterocycles. The van der Waals surface area contributed by atoms with Crippen LogP contribution in [0.1, 0.15) is 31.4 Å². The fourth-order valence-corrected chi connectivity index (χ4v) is 2.71. The average molecular weight is 275 g/mol. The summed E-state index contributed by atoms with van der Waals surface area (Å²) in [6, 6.07) is 7.33. The van der Waals surface area contributed by atoms with Gasteiger partial charge < -0.3 is 10.4 Å². The summed E-state index contributed by atoms with van der Waals surface area (Å²) in [6.07, 6.45) is 2.37. The average Bonchev–Trinajstić information content (AvgIpc) is 2.43. The molecule has 1 unspecified atom stereocenters. The van der Waals surface area contributed by atoms with Gasteiger partial charge in [-0.3, -0.25) is 4.79 Å². The third-order valence-corrected chi connectivity index (χ3v) is 3.95. The first-order chi connectivity index (χ1) is 9.49. The Labute approximate surface area is 119 Å². The normalized spacial score (nSPS) is 19.2. The van der Waals surface area contributed by atoms with Gasteiger partial charge in [0.2, 0.25) is 5.91 Å². The van der Waals surface area contributed by atoms with Gasteiger partial charge in [-0.15, -0.1) is 0 Å². The number of fused-ring (bicyclic) bond motifs is 1. The summed E-state index contributed by atoms with van der Waals surface area (Å²) in [4.78, 5) is 23.4. The number of carboxylic acids is 1. The molecule has 0 saturated heterocycles. The van der Waals surface area contributed by atoms with Crippen LogP contribution >= 0.6 is 0 Å². The topological polar surface area (TPSA) is 66.4 Å². The third kappa shape index (κ3) is 3.18. The minimum Gasteiger partial charge on any atom is -0.480 e. The maximum atomic E-state index is 12.3.